The van der Waals surface area contributed by atoms with Gasteiger partial charge in [-0.15, -0.1) is 6.58 Å². The Bertz CT molecular complexity index is 190. The van der Waals surface area contributed by atoms with Crippen molar-refractivity contribution in [3.05, 3.63) is 12.2 Å². The minimum absolute atomic E-state index is 0.0551. The SMILES string of the molecule is C=C(C)CCC(=O)C(O)(CC)CC. The maximum absolute atomic E-state index is 11.5. The first-order valence-electron chi connectivity index (χ1n) is 4.86. The third-order valence-electron chi connectivity index (χ3n) is 2.47. The third kappa shape index (κ3) is 3.73. The molecule has 2 nitrogen and oxygen atoms in total. The van der Waals surface area contributed by atoms with E-state index in [1.807, 2.05) is 20.8 Å². The quantitative estimate of drug-likeness (QED) is 0.644. The lowest BCUT2D eigenvalue weighted by atomic mass is 9.89. The molecule has 0 spiro atoms. The van der Waals surface area contributed by atoms with Crippen molar-refractivity contribution >= 4 is 5.78 Å². The average Bonchev–Trinajstić information content (AvgIpc) is 2.12. The molecule has 0 saturated heterocycles. The molecule has 0 fully saturated rings. The summed E-state index contributed by atoms with van der Waals surface area (Å²) in [6, 6.07) is 0. The second kappa shape index (κ2) is 5.18. The Labute approximate surface area is 80.7 Å². The Hall–Kier alpha value is -0.630. The van der Waals surface area contributed by atoms with E-state index in [4.69, 9.17) is 0 Å². The Morgan fingerprint density at radius 2 is 1.77 bits per heavy atom. The van der Waals surface area contributed by atoms with Crippen molar-refractivity contribution in [2.24, 2.45) is 0 Å². The fraction of sp³-hybridized carbons (Fsp3) is 0.727. The van der Waals surface area contributed by atoms with Gasteiger partial charge in [0.1, 0.15) is 5.60 Å². The Morgan fingerprint density at radius 3 is 2.08 bits per heavy atom. The van der Waals surface area contributed by atoms with Gasteiger partial charge in [-0.05, 0) is 26.2 Å². The van der Waals surface area contributed by atoms with Crippen molar-refractivity contribution in [3.8, 4) is 0 Å². The first-order valence-corrected chi connectivity index (χ1v) is 4.86. The number of carbonyl (C=O) groups excluding carboxylic acids is 1. The highest BCUT2D eigenvalue weighted by Crippen LogP contribution is 2.19. The van der Waals surface area contributed by atoms with Crippen LogP contribution in [0.3, 0.4) is 0 Å². The molecule has 0 aliphatic heterocycles. The molecule has 0 aromatic rings. The number of rotatable bonds is 6. The molecule has 2 heteroatoms. The van der Waals surface area contributed by atoms with Gasteiger partial charge in [-0.3, -0.25) is 4.79 Å². The molecule has 0 heterocycles. The van der Waals surface area contributed by atoms with Crippen LogP contribution in [0, 0.1) is 0 Å². The van der Waals surface area contributed by atoms with Crippen molar-refractivity contribution in [3.63, 3.8) is 0 Å². The average molecular weight is 184 g/mol. The Balaban J connectivity index is 4.15. The molecule has 1 N–H and O–H groups in total. The summed E-state index contributed by atoms with van der Waals surface area (Å²) < 4.78 is 0. The highest BCUT2D eigenvalue weighted by atomic mass is 16.3. The van der Waals surface area contributed by atoms with Crippen molar-refractivity contribution in [2.45, 2.75) is 52.1 Å². The number of carbonyl (C=O) groups is 1. The molecule has 13 heavy (non-hydrogen) atoms. The summed E-state index contributed by atoms with van der Waals surface area (Å²) in [5.41, 5.74) is -0.113. The lowest BCUT2D eigenvalue weighted by Crippen LogP contribution is -2.37. The van der Waals surface area contributed by atoms with Crippen molar-refractivity contribution < 1.29 is 9.90 Å². The summed E-state index contributed by atoms with van der Waals surface area (Å²) in [4.78, 5) is 11.5. The summed E-state index contributed by atoms with van der Waals surface area (Å²) in [5.74, 6) is -0.0551. The van der Waals surface area contributed by atoms with E-state index in [0.29, 0.717) is 25.7 Å². The van der Waals surface area contributed by atoms with Crippen LogP contribution >= 0.6 is 0 Å². The zero-order chi connectivity index (χ0) is 10.5. The van der Waals surface area contributed by atoms with E-state index < -0.39 is 5.60 Å². The van der Waals surface area contributed by atoms with E-state index in [1.54, 1.807) is 0 Å². The van der Waals surface area contributed by atoms with Gasteiger partial charge >= 0.3 is 0 Å². The number of hydrogen-bond acceptors (Lipinski definition) is 2. The molecule has 0 aliphatic carbocycles. The summed E-state index contributed by atoms with van der Waals surface area (Å²) in [5, 5.41) is 9.83. The highest BCUT2D eigenvalue weighted by molar-refractivity contribution is 5.87. The van der Waals surface area contributed by atoms with Crippen molar-refractivity contribution in [2.75, 3.05) is 0 Å². The topological polar surface area (TPSA) is 37.3 Å². The molecule has 0 atom stereocenters. The summed E-state index contributed by atoms with van der Waals surface area (Å²) >= 11 is 0. The first kappa shape index (κ1) is 12.4. The van der Waals surface area contributed by atoms with Gasteiger partial charge in [0.15, 0.2) is 5.78 Å². The van der Waals surface area contributed by atoms with Gasteiger partial charge in [0, 0.05) is 6.42 Å². The third-order valence-corrected chi connectivity index (χ3v) is 2.47. The lowest BCUT2D eigenvalue weighted by molar-refractivity contribution is -0.138. The van der Waals surface area contributed by atoms with Gasteiger partial charge in [0.25, 0.3) is 0 Å². The summed E-state index contributed by atoms with van der Waals surface area (Å²) in [6.45, 7) is 9.29. The smallest absolute Gasteiger partial charge is 0.164 e. The fourth-order valence-electron chi connectivity index (χ4n) is 1.20. The zero-order valence-corrected chi connectivity index (χ0v) is 8.89. The van der Waals surface area contributed by atoms with Crippen LogP contribution in [0.5, 0.6) is 0 Å². The number of hydrogen-bond donors (Lipinski definition) is 1. The van der Waals surface area contributed by atoms with Crippen LogP contribution in [0.15, 0.2) is 12.2 Å². The standard InChI is InChI=1S/C11H20O2/c1-5-11(13,6-2)10(12)8-7-9(3)4/h13H,3,5-8H2,1-2,4H3. The van der Waals surface area contributed by atoms with Gasteiger partial charge in [-0.1, -0.05) is 19.4 Å². The van der Waals surface area contributed by atoms with E-state index in [-0.39, 0.29) is 5.78 Å². The maximum atomic E-state index is 11.5. The van der Waals surface area contributed by atoms with E-state index in [9.17, 15) is 9.90 Å². The Kier molecular flexibility index (Phi) is 4.92. The molecular formula is C11H20O2. The summed E-state index contributed by atoms with van der Waals surface area (Å²) in [7, 11) is 0. The molecule has 0 bridgehead atoms. The fourth-order valence-corrected chi connectivity index (χ4v) is 1.20. The van der Waals surface area contributed by atoms with Crippen LogP contribution < -0.4 is 0 Å². The van der Waals surface area contributed by atoms with Crippen LogP contribution in [0.2, 0.25) is 0 Å². The van der Waals surface area contributed by atoms with E-state index in [1.165, 1.54) is 0 Å². The van der Waals surface area contributed by atoms with Crippen LogP contribution in [0.4, 0.5) is 0 Å². The Morgan fingerprint density at radius 1 is 1.31 bits per heavy atom. The minimum atomic E-state index is -1.10. The molecule has 0 rings (SSSR count). The molecule has 0 aromatic carbocycles. The largest absolute Gasteiger partial charge is 0.382 e. The van der Waals surface area contributed by atoms with Gasteiger partial charge in [0.05, 0.1) is 0 Å². The first-order chi connectivity index (χ1) is 5.96. The number of allylic oxidation sites excluding steroid dienone is 1. The molecule has 0 amide bonds. The number of Topliss-reactive ketones (excluding diaryl/α,β-unsaturated/α-hetero) is 1. The summed E-state index contributed by atoms with van der Waals surface area (Å²) in [6.07, 6.45) is 2.09. The maximum Gasteiger partial charge on any atom is 0.164 e. The number of aliphatic hydroxyl groups is 1. The molecule has 0 radical (unpaired) electrons. The van der Waals surface area contributed by atoms with E-state index in [2.05, 4.69) is 6.58 Å². The minimum Gasteiger partial charge on any atom is -0.382 e. The van der Waals surface area contributed by atoms with Crippen molar-refractivity contribution in [1.29, 1.82) is 0 Å². The van der Waals surface area contributed by atoms with Gasteiger partial charge in [0.2, 0.25) is 0 Å². The normalized spacial score (nSPS) is 11.4. The number of ketones is 1. The van der Waals surface area contributed by atoms with Crippen LogP contribution in [-0.2, 0) is 4.79 Å². The highest BCUT2D eigenvalue weighted by Gasteiger charge is 2.30. The molecule has 0 aliphatic rings. The van der Waals surface area contributed by atoms with E-state index in [0.717, 1.165) is 5.57 Å². The zero-order valence-electron chi connectivity index (χ0n) is 8.89. The second-order valence-corrected chi connectivity index (χ2v) is 3.62. The van der Waals surface area contributed by atoms with Crippen LogP contribution in [0.1, 0.15) is 46.5 Å². The predicted molar refractivity (Wildman–Crippen MR) is 54.6 cm³/mol. The molecule has 0 saturated carbocycles. The second-order valence-electron chi connectivity index (χ2n) is 3.62. The van der Waals surface area contributed by atoms with Gasteiger partial charge < -0.3 is 5.11 Å². The molecule has 76 valence electrons. The van der Waals surface area contributed by atoms with Gasteiger partial charge in [-0.2, -0.15) is 0 Å². The van der Waals surface area contributed by atoms with E-state index >= 15 is 0 Å². The van der Waals surface area contributed by atoms with Crippen LogP contribution in [0.25, 0.3) is 0 Å². The van der Waals surface area contributed by atoms with Crippen molar-refractivity contribution in [1.82, 2.24) is 0 Å². The predicted octanol–water partition coefficient (Wildman–Crippen LogP) is 2.46. The molecule has 0 unspecified atom stereocenters. The molecular weight excluding hydrogens is 164 g/mol. The lowest BCUT2D eigenvalue weighted by Gasteiger charge is -2.23. The molecule has 0 aromatic heterocycles. The monoisotopic (exact) mass is 184 g/mol. The van der Waals surface area contributed by atoms with Crippen LogP contribution in [-0.4, -0.2) is 16.5 Å². The van der Waals surface area contributed by atoms with Gasteiger partial charge in [-0.25, -0.2) is 0 Å².